The number of nitrogens with one attached hydrogen (secondary N) is 2. The standard InChI is InChI=1S/C10H17N5O/c1-7-14-9(12-2)6-10(15-7)13-5-3-4-8(11)16/h6H,3-5H2,1-2H3,(H2,11,16)(H2,12,13,14,15). The van der Waals surface area contributed by atoms with Crippen LogP contribution in [0.15, 0.2) is 6.07 Å². The second kappa shape index (κ2) is 5.89. The molecular formula is C10H17N5O. The zero-order valence-electron chi connectivity index (χ0n) is 9.58. The third-order valence-corrected chi connectivity index (χ3v) is 2.00. The number of aryl methyl sites for hydroxylation is 1. The highest BCUT2D eigenvalue weighted by atomic mass is 16.1. The molecule has 0 atom stereocenters. The minimum Gasteiger partial charge on any atom is -0.373 e. The molecule has 0 bridgehead atoms. The Bertz CT molecular complexity index is 366. The van der Waals surface area contributed by atoms with Crippen molar-refractivity contribution in [2.24, 2.45) is 5.73 Å². The van der Waals surface area contributed by atoms with Crippen LogP contribution in [0.25, 0.3) is 0 Å². The summed E-state index contributed by atoms with van der Waals surface area (Å²) in [4.78, 5) is 18.9. The summed E-state index contributed by atoms with van der Waals surface area (Å²) in [6, 6.07) is 1.82. The van der Waals surface area contributed by atoms with Gasteiger partial charge in [0.2, 0.25) is 5.91 Å². The van der Waals surface area contributed by atoms with Gasteiger partial charge in [0.05, 0.1) is 0 Å². The van der Waals surface area contributed by atoms with Crippen molar-refractivity contribution < 1.29 is 4.79 Å². The van der Waals surface area contributed by atoms with E-state index in [2.05, 4.69) is 20.6 Å². The molecule has 1 aromatic rings. The van der Waals surface area contributed by atoms with Crippen molar-refractivity contribution in [3.63, 3.8) is 0 Å². The van der Waals surface area contributed by atoms with Gasteiger partial charge in [-0.2, -0.15) is 0 Å². The van der Waals surface area contributed by atoms with Crippen LogP contribution in [0.4, 0.5) is 11.6 Å². The van der Waals surface area contributed by atoms with E-state index in [0.717, 1.165) is 11.6 Å². The Balaban J connectivity index is 2.47. The Kier molecular flexibility index (Phi) is 4.50. The first-order chi connectivity index (χ1) is 7.61. The molecule has 6 nitrogen and oxygen atoms in total. The van der Waals surface area contributed by atoms with Crippen molar-refractivity contribution in [1.29, 1.82) is 0 Å². The number of primary amides is 1. The van der Waals surface area contributed by atoms with E-state index in [1.54, 1.807) is 7.05 Å². The monoisotopic (exact) mass is 223 g/mol. The minimum absolute atomic E-state index is 0.281. The van der Waals surface area contributed by atoms with Crippen LogP contribution >= 0.6 is 0 Å². The minimum atomic E-state index is -0.281. The summed E-state index contributed by atoms with van der Waals surface area (Å²) in [5, 5.41) is 6.07. The van der Waals surface area contributed by atoms with E-state index in [1.807, 2.05) is 13.0 Å². The normalized spacial score (nSPS) is 9.88. The number of hydrogen-bond donors (Lipinski definition) is 3. The molecule has 0 fully saturated rings. The van der Waals surface area contributed by atoms with Crippen molar-refractivity contribution in [2.75, 3.05) is 24.2 Å². The van der Waals surface area contributed by atoms with E-state index in [0.29, 0.717) is 25.2 Å². The number of carbonyl (C=O) groups excluding carboxylic acids is 1. The molecule has 16 heavy (non-hydrogen) atoms. The van der Waals surface area contributed by atoms with E-state index in [4.69, 9.17) is 5.73 Å². The fourth-order valence-electron chi connectivity index (χ4n) is 1.27. The first kappa shape index (κ1) is 12.2. The predicted molar refractivity (Wildman–Crippen MR) is 63.2 cm³/mol. The maximum Gasteiger partial charge on any atom is 0.217 e. The van der Waals surface area contributed by atoms with Gasteiger partial charge in [0, 0.05) is 26.1 Å². The highest BCUT2D eigenvalue weighted by Crippen LogP contribution is 2.10. The first-order valence-electron chi connectivity index (χ1n) is 5.17. The van der Waals surface area contributed by atoms with Crippen LogP contribution in [0.3, 0.4) is 0 Å². The maximum atomic E-state index is 10.5. The lowest BCUT2D eigenvalue weighted by atomic mass is 10.3. The highest BCUT2D eigenvalue weighted by molar-refractivity contribution is 5.73. The van der Waals surface area contributed by atoms with Gasteiger partial charge in [-0.15, -0.1) is 0 Å². The molecule has 0 unspecified atom stereocenters. The van der Waals surface area contributed by atoms with Crippen molar-refractivity contribution >= 4 is 17.5 Å². The Morgan fingerprint density at radius 3 is 2.75 bits per heavy atom. The van der Waals surface area contributed by atoms with Gasteiger partial charge in [-0.1, -0.05) is 0 Å². The van der Waals surface area contributed by atoms with Gasteiger partial charge in [0.1, 0.15) is 17.5 Å². The largest absolute Gasteiger partial charge is 0.373 e. The number of rotatable bonds is 6. The number of anilines is 2. The fourth-order valence-corrected chi connectivity index (χ4v) is 1.27. The molecule has 1 rings (SSSR count). The maximum absolute atomic E-state index is 10.5. The molecule has 0 aliphatic rings. The van der Waals surface area contributed by atoms with Gasteiger partial charge in [-0.3, -0.25) is 4.79 Å². The van der Waals surface area contributed by atoms with Crippen molar-refractivity contribution in [2.45, 2.75) is 19.8 Å². The predicted octanol–water partition coefficient (Wildman–Crippen LogP) is 0.504. The summed E-state index contributed by atoms with van der Waals surface area (Å²) in [6.45, 7) is 2.50. The van der Waals surface area contributed by atoms with Crippen LogP contribution in [-0.2, 0) is 4.79 Å². The average Bonchev–Trinajstić information content (AvgIpc) is 2.23. The zero-order chi connectivity index (χ0) is 12.0. The summed E-state index contributed by atoms with van der Waals surface area (Å²) in [5.41, 5.74) is 5.04. The lowest BCUT2D eigenvalue weighted by Crippen LogP contribution is -2.13. The summed E-state index contributed by atoms with van der Waals surface area (Å²) >= 11 is 0. The molecule has 1 amide bonds. The van der Waals surface area contributed by atoms with E-state index >= 15 is 0 Å². The van der Waals surface area contributed by atoms with Crippen molar-refractivity contribution in [1.82, 2.24) is 9.97 Å². The summed E-state index contributed by atoms with van der Waals surface area (Å²) < 4.78 is 0. The van der Waals surface area contributed by atoms with Crippen LogP contribution in [0.5, 0.6) is 0 Å². The third kappa shape index (κ3) is 4.12. The lowest BCUT2D eigenvalue weighted by Gasteiger charge is -2.07. The fraction of sp³-hybridized carbons (Fsp3) is 0.500. The van der Waals surface area contributed by atoms with Gasteiger partial charge in [0.25, 0.3) is 0 Å². The summed E-state index contributed by atoms with van der Waals surface area (Å²) in [5.74, 6) is 1.94. The molecule has 0 aliphatic carbocycles. The number of aromatic nitrogens is 2. The second-order valence-electron chi connectivity index (χ2n) is 3.43. The average molecular weight is 223 g/mol. The highest BCUT2D eigenvalue weighted by Gasteiger charge is 2.00. The molecule has 0 spiro atoms. The molecule has 4 N–H and O–H groups in total. The molecular weight excluding hydrogens is 206 g/mol. The molecule has 0 aromatic carbocycles. The van der Waals surface area contributed by atoms with Crippen LogP contribution in [0.2, 0.25) is 0 Å². The number of hydrogen-bond acceptors (Lipinski definition) is 5. The molecule has 1 heterocycles. The van der Waals surface area contributed by atoms with Gasteiger partial charge in [-0.05, 0) is 13.3 Å². The number of carbonyl (C=O) groups is 1. The van der Waals surface area contributed by atoms with Crippen LogP contribution in [-0.4, -0.2) is 29.5 Å². The first-order valence-corrected chi connectivity index (χ1v) is 5.17. The quantitative estimate of drug-likeness (QED) is 0.611. The van der Waals surface area contributed by atoms with Gasteiger partial charge >= 0.3 is 0 Å². The second-order valence-corrected chi connectivity index (χ2v) is 3.43. The van der Waals surface area contributed by atoms with Crippen LogP contribution in [0, 0.1) is 6.92 Å². The van der Waals surface area contributed by atoms with E-state index in [9.17, 15) is 4.79 Å². The van der Waals surface area contributed by atoms with E-state index in [1.165, 1.54) is 0 Å². The molecule has 1 aromatic heterocycles. The Hall–Kier alpha value is -1.85. The SMILES string of the molecule is CNc1cc(NCCCC(N)=O)nc(C)n1. The van der Waals surface area contributed by atoms with Gasteiger partial charge in [0.15, 0.2) is 0 Å². The van der Waals surface area contributed by atoms with Gasteiger partial charge in [-0.25, -0.2) is 9.97 Å². The van der Waals surface area contributed by atoms with E-state index < -0.39 is 0 Å². The van der Waals surface area contributed by atoms with Crippen LogP contribution < -0.4 is 16.4 Å². The number of nitrogens with two attached hydrogens (primary N) is 1. The molecule has 6 heteroatoms. The van der Waals surface area contributed by atoms with Gasteiger partial charge < -0.3 is 16.4 Å². The summed E-state index contributed by atoms with van der Waals surface area (Å²) in [7, 11) is 1.80. The number of nitrogens with zero attached hydrogens (tertiary/aromatic N) is 2. The zero-order valence-corrected chi connectivity index (χ0v) is 9.58. The Morgan fingerprint density at radius 2 is 2.12 bits per heavy atom. The molecule has 0 saturated heterocycles. The third-order valence-electron chi connectivity index (χ3n) is 2.00. The Labute approximate surface area is 94.7 Å². The lowest BCUT2D eigenvalue weighted by molar-refractivity contribution is -0.118. The van der Waals surface area contributed by atoms with Crippen LogP contribution in [0.1, 0.15) is 18.7 Å². The van der Waals surface area contributed by atoms with E-state index in [-0.39, 0.29) is 5.91 Å². The molecule has 88 valence electrons. The smallest absolute Gasteiger partial charge is 0.217 e. The topological polar surface area (TPSA) is 92.9 Å². The van der Waals surface area contributed by atoms with Crippen molar-refractivity contribution in [3.8, 4) is 0 Å². The van der Waals surface area contributed by atoms with Crippen molar-refractivity contribution in [3.05, 3.63) is 11.9 Å². The summed E-state index contributed by atoms with van der Waals surface area (Å²) in [6.07, 6.45) is 1.09. The molecule has 0 aliphatic heterocycles. The number of amides is 1. The molecule has 0 saturated carbocycles. The Morgan fingerprint density at radius 1 is 1.44 bits per heavy atom. The molecule has 0 radical (unpaired) electrons.